The molecule has 56 valence electrons. The van der Waals surface area contributed by atoms with Crippen molar-refractivity contribution >= 4 is 39.8 Å². The molecule has 0 aromatic rings. The van der Waals surface area contributed by atoms with Crippen LogP contribution in [-0.4, -0.2) is 17.4 Å². The Morgan fingerprint density at radius 3 is 3.18 bits per heavy atom. The molecule has 1 unspecified atom stereocenters. The number of aliphatic imine (C=N–C) groups is 1. The summed E-state index contributed by atoms with van der Waals surface area (Å²) in [6, 6.07) is 0. The zero-order valence-electron chi connectivity index (χ0n) is 5.45. The van der Waals surface area contributed by atoms with Crippen LogP contribution in [0.15, 0.2) is 26.5 Å². The average molecular weight is 230 g/mol. The Bertz CT molecular complexity index is 306. The lowest BCUT2D eigenvalue weighted by Crippen LogP contribution is -2.16. The molecular weight excluding hydrogens is 226 g/mol. The van der Waals surface area contributed by atoms with E-state index in [9.17, 15) is 4.79 Å². The fraction of sp³-hybridized carbons (Fsp3) is 0.143. The van der Waals surface area contributed by atoms with Crippen molar-refractivity contribution in [1.29, 1.82) is 0 Å². The Morgan fingerprint density at radius 1 is 1.64 bits per heavy atom. The Hall–Kier alpha value is -0.350. The summed E-state index contributed by atoms with van der Waals surface area (Å²) in [4.78, 5) is 14.8. The van der Waals surface area contributed by atoms with Crippen LogP contribution in [0.1, 0.15) is 0 Å². The molecule has 0 spiro atoms. The van der Waals surface area contributed by atoms with Gasteiger partial charge in [0.15, 0.2) is 0 Å². The highest BCUT2D eigenvalue weighted by atomic mass is 79.9. The summed E-state index contributed by atoms with van der Waals surface area (Å²) in [6.45, 7) is 0. The minimum Gasteiger partial charge on any atom is -0.271 e. The Balaban J connectivity index is 2.38. The average Bonchev–Trinajstić information content (AvgIpc) is 2.31. The molecule has 0 aromatic heterocycles. The summed E-state index contributed by atoms with van der Waals surface area (Å²) in [5, 5.41) is -0.0885. The van der Waals surface area contributed by atoms with Gasteiger partial charge in [0, 0.05) is 6.21 Å². The van der Waals surface area contributed by atoms with Crippen LogP contribution in [0.2, 0.25) is 0 Å². The Kier molecular flexibility index (Phi) is 1.73. The quantitative estimate of drug-likeness (QED) is 0.635. The molecule has 2 rings (SSSR count). The van der Waals surface area contributed by atoms with Gasteiger partial charge >= 0.3 is 0 Å². The number of hydrogen-bond acceptors (Lipinski definition) is 2. The number of thioether (sulfide) groups is 1. The van der Waals surface area contributed by atoms with Crippen LogP contribution in [0.5, 0.6) is 0 Å². The van der Waals surface area contributed by atoms with Gasteiger partial charge in [-0.25, -0.2) is 4.99 Å². The van der Waals surface area contributed by atoms with E-state index in [1.165, 1.54) is 11.8 Å². The third kappa shape index (κ3) is 1.20. The van der Waals surface area contributed by atoms with E-state index in [1.54, 1.807) is 6.21 Å². The fourth-order valence-electron chi connectivity index (χ4n) is 1.01. The number of dihydropyridines is 1. The highest BCUT2D eigenvalue weighted by molar-refractivity contribution is 9.14. The second kappa shape index (κ2) is 2.60. The van der Waals surface area contributed by atoms with Crippen molar-refractivity contribution in [3.8, 4) is 0 Å². The van der Waals surface area contributed by atoms with Gasteiger partial charge in [0.1, 0.15) is 5.25 Å². The number of rotatable bonds is 0. The smallest absolute Gasteiger partial charge is 0.263 e. The summed E-state index contributed by atoms with van der Waals surface area (Å²) < 4.78 is 1.01. The van der Waals surface area contributed by atoms with Gasteiger partial charge in [-0.15, -0.1) is 11.8 Å². The zero-order valence-corrected chi connectivity index (χ0v) is 7.85. The van der Waals surface area contributed by atoms with Gasteiger partial charge in [-0.1, -0.05) is 0 Å². The normalized spacial score (nSPS) is 28.1. The van der Waals surface area contributed by atoms with E-state index in [4.69, 9.17) is 0 Å². The predicted molar refractivity (Wildman–Crippen MR) is 50.0 cm³/mol. The molecule has 2 heterocycles. The van der Waals surface area contributed by atoms with Gasteiger partial charge in [0.25, 0.3) is 5.91 Å². The minimum atomic E-state index is -0.0885. The molecule has 0 saturated carbocycles. The zero-order chi connectivity index (χ0) is 7.84. The van der Waals surface area contributed by atoms with E-state index in [0.717, 1.165) is 9.39 Å². The molecule has 0 fully saturated rings. The van der Waals surface area contributed by atoms with Crippen LogP contribution in [0.25, 0.3) is 0 Å². The predicted octanol–water partition coefficient (Wildman–Crippen LogP) is 1.88. The summed E-state index contributed by atoms with van der Waals surface area (Å²) in [5.74, 6) is -0.0572. The first-order chi connectivity index (χ1) is 5.27. The maximum absolute atomic E-state index is 11.1. The molecule has 0 aliphatic carbocycles. The first-order valence-corrected chi connectivity index (χ1v) is 4.76. The van der Waals surface area contributed by atoms with Crippen molar-refractivity contribution in [1.82, 2.24) is 0 Å². The molecule has 1 amide bonds. The largest absolute Gasteiger partial charge is 0.271 e. The van der Waals surface area contributed by atoms with E-state index < -0.39 is 0 Å². The molecule has 2 aliphatic heterocycles. The summed E-state index contributed by atoms with van der Waals surface area (Å²) in [5.41, 5.74) is 1.04. The number of amides is 1. The molecule has 0 saturated heterocycles. The molecular formula is C7H4BrNOS. The third-order valence-electron chi connectivity index (χ3n) is 1.51. The Morgan fingerprint density at radius 2 is 2.45 bits per heavy atom. The molecule has 11 heavy (non-hydrogen) atoms. The molecule has 1 atom stereocenters. The van der Waals surface area contributed by atoms with Crippen LogP contribution in [0, 0.1) is 0 Å². The number of allylic oxidation sites excluding steroid dienone is 2. The third-order valence-corrected chi connectivity index (χ3v) is 3.35. The van der Waals surface area contributed by atoms with E-state index in [-0.39, 0.29) is 11.2 Å². The molecule has 0 radical (unpaired) electrons. The van der Waals surface area contributed by atoms with Crippen LogP contribution in [0.3, 0.4) is 0 Å². The van der Waals surface area contributed by atoms with E-state index in [0.29, 0.717) is 0 Å². The highest BCUT2D eigenvalue weighted by Crippen LogP contribution is 2.40. The second-order valence-electron chi connectivity index (χ2n) is 2.23. The van der Waals surface area contributed by atoms with Gasteiger partial charge in [0.2, 0.25) is 0 Å². The number of carbonyl (C=O) groups excluding carboxylic acids is 1. The van der Waals surface area contributed by atoms with Crippen molar-refractivity contribution in [2.45, 2.75) is 5.25 Å². The first kappa shape index (κ1) is 7.31. The lowest BCUT2D eigenvalue weighted by Gasteiger charge is -2.08. The molecule has 0 bridgehead atoms. The van der Waals surface area contributed by atoms with E-state index in [2.05, 4.69) is 20.9 Å². The van der Waals surface area contributed by atoms with E-state index in [1.807, 2.05) is 12.2 Å². The fourth-order valence-corrected chi connectivity index (χ4v) is 2.71. The summed E-state index contributed by atoms with van der Waals surface area (Å²) in [6.07, 6.45) is 5.38. The number of hydrogen-bond donors (Lipinski definition) is 0. The van der Waals surface area contributed by atoms with Crippen LogP contribution >= 0.6 is 27.7 Å². The van der Waals surface area contributed by atoms with Crippen molar-refractivity contribution in [2.24, 2.45) is 4.99 Å². The maximum Gasteiger partial charge on any atom is 0.263 e. The SMILES string of the molecule is O=C1N=CC=C2C=C(Br)SC12. The van der Waals surface area contributed by atoms with Gasteiger partial charge in [-0.05, 0) is 33.7 Å². The van der Waals surface area contributed by atoms with Crippen molar-refractivity contribution in [3.05, 3.63) is 21.5 Å². The maximum atomic E-state index is 11.1. The van der Waals surface area contributed by atoms with Crippen molar-refractivity contribution in [3.63, 3.8) is 0 Å². The highest BCUT2D eigenvalue weighted by Gasteiger charge is 2.29. The molecule has 2 aliphatic rings. The lowest BCUT2D eigenvalue weighted by molar-refractivity contribution is -0.116. The van der Waals surface area contributed by atoms with Crippen LogP contribution in [-0.2, 0) is 4.79 Å². The summed E-state index contributed by atoms with van der Waals surface area (Å²) in [7, 11) is 0. The van der Waals surface area contributed by atoms with Crippen LogP contribution < -0.4 is 0 Å². The lowest BCUT2D eigenvalue weighted by atomic mass is 10.1. The molecule has 0 N–H and O–H groups in total. The number of carbonyl (C=O) groups is 1. The standard InChI is InChI=1S/C7H4BrNOS/c8-5-3-4-1-2-9-7(10)6(4)11-5/h1-3,6H. The minimum absolute atomic E-state index is 0.0572. The van der Waals surface area contributed by atoms with Crippen molar-refractivity contribution < 1.29 is 4.79 Å². The van der Waals surface area contributed by atoms with E-state index >= 15 is 0 Å². The monoisotopic (exact) mass is 229 g/mol. The molecule has 0 aromatic carbocycles. The number of halogens is 1. The number of fused-ring (bicyclic) bond motifs is 1. The first-order valence-electron chi connectivity index (χ1n) is 3.09. The van der Waals surface area contributed by atoms with Crippen molar-refractivity contribution in [2.75, 3.05) is 0 Å². The Labute approximate surface area is 76.6 Å². The van der Waals surface area contributed by atoms with Gasteiger partial charge in [-0.2, -0.15) is 0 Å². The van der Waals surface area contributed by atoms with Gasteiger partial charge < -0.3 is 0 Å². The number of nitrogens with zero attached hydrogens (tertiary/aromatic N) is 1. The van der Waals surface area contributed by atoms with Gasteiger partial charge in [0.05, 0.1) is 3.81 Å². The second-order valence-corrected chi connectivity index (χ2v) is 4.76. The molecule has 4 heteroatoms. The summed E-state index contributed by atoms with van der Waals surface area (Å²) >= 11 is 4.84. The van der Waals surface area contributed by atoms with Gasteiger partial charge in [-0.3, -0.25) is 4.79 Å². The topological polar surface area (TPSA) is 29.4 Å². The van der Waals surface area contributed by atoms with Crippen LogP contribution in [0.4, 0.5) is 0 Å². The molecule has 2 nitrogen and oxygen atoms in total.